The van der Waals surface area contributed by atoms with Crippen LogP contribution in [0.3, 0.4) is 0 Å². The molecule has 1 unspecified atom stereocenters. The van der Waals surface area contributed by atoms with E-state index in [1.54, 1.807) is 12.1 Å². The number of benzene rings is 1. The average molecular weight is 301 g/mol. The van der Waals surface area contributed by atoms with E-state index in [0.29, 0.717) is 6.04 Å². The molecule has 3 N–H and O–H groups in total. The van der Waals surface area contributed by atoms with Crippen molar-refractivity contribution in [3.63, 3.8) is 0 Å². The van der Waals surface area contributed by atoms with Gasteiger partial charge in [-0.05, 0) is 37.4 Å². The topological polar surface area (TPSA) is 75.4 Å². The number of anilines is 2. The minimum absolute atomic E-state index is 0.132. The molecule has 1 aliphatic heterocycles. The Morgan fingerprint density at radius 2 is 2.21 bits per heavy atom. The molecular formula is C12H19N3O2S2. The van der Waals surface area contributed by atoms with Crippen molar-refractivity contribution >= 4 is 33.2 Å². The Bertz CT molecular complexity index is 554. The SMILES string of the molecule is CNS(=O)(=O)c1ccc(N(C)C2CCSC2)cc1N. The van der Waals surface area contributed by atoms with E-state index < -0.39 is 10.0 Å². The molecule has 1 heterocycles. The van der Waals surface area contributed by atoms with Crippen molar-refractivity contribution in [1.29, 1.82) is 0 Å². The van der Waals surface area contributed by atoms with Crippen molar-refractivity contribution < 1.29 is 8.42 Å². The summed E-state index contributed by atoms with van der Waals surface area (Å²) in [4.78, 5) is 2.31. The number of rotatable bonds is 4. The predicted molar refractivity (Wildman–Crippen MR) is 81.2 cm³/mol. The molecule has 0 aromatic heterocycles. The van der Waals surface area contributed by atoms with Gasteiger partial charge >= 0.3 is 0 Å². The molecule has 1 fully saturated rings. The third-order valence-corrected chi connectivity index (χ3v) is 6.05. The summed E-state index contributed by atoms with van der Waals surface area (Å²) in [6, 6.07) is 5.60. The number of hydrogen-bond acceptors (Lipinski definition) is 5. The normalized spacial score (nSPS) is 19.6. The van der Waals surface area contributed by atoms with E-state index in [9.17, 15) is 8.42 Å². The highest BCUT2D eigenvalue weighted by Gasteiger charge is 2.22. The number of nitrogens with zero attached hydrogens (tertiary/aromatic N) is 1. The fourth-order valence-electron chi connectivity index (χ4n) is 2.15. The van der Waals surface area contributed by atoms with Crippen molar-refractivity contribution in [3.05, 3.63) is 18.2 Å². The second-order valence-electron chi connectivity index (χ2n) is 4.56. The lowest BCUT2D eigenvalue weighted by atomic mass is 10.2. The second kappa shape index (κ2) is 5.60. The minimum Gasteiger partial charge on any atom is -0.398 e. The first kappa shape index (κ1) is 14.5. The Balaban J connectivity index is 2.28. The van der Waals surface area contributed by atoms with Gasteiger partial charge in [-0.25, -0.2) is 13.1 Å². The van der Waals surface area contributed by atoms with E-state index in [0.717, 1.165) is 17.9 Å². The maximum Gasteiger partial charge on any atom is 0.242 e. The summed E-state index contributed by atoms with van der Waals surface area (Å²) < 4.78 is 25.8. The van der Waals surface area contributed by atoms with Crippen LogP contribution in [0.4, 0.5) is 11.4 Å². The third kappa shape index (κ3) is 2.98. The van der Waals surface area contributed by atoms with Gasteiger partial charge in [0.2, 0.25) is 10.0 Å². The first-order chi connectivity index (χ1) is 8.95. The molecular weight excluding hydrogens is 282 g/mol. The number of hydrogen-bond donors (Lipinski definition) is 2. The van der Waals surface area contributed by atoms with Crippen molar-refractivity contribution in [2.45, 2.75) is 17.4 Å². The van der Waals surface area contributed by atoms with Gasteiger partial charge in [-0.15, -0.1) is 0 Å². The summed E-state index contributed by atoms with van der Waals surface area (Å²) >= 11 is 1.94. The van der Waals surface area contributed by atoms with Crippen LogP contribution < -0.4 is 15.4 Å². The van der Waals surface area contributed by atoms with Crippen LogP contribution in [0.15, 0.2) is 23.1 Å². The Morgan fingerprint density at radius 1 is 1.47 bits per heavy atom. The summed E-state index contributed by atoms with van der Waals surface area (Å²) in [5, 5.41) is 0. The average Bonchev–Trinajstić information content (AvgIpc) is 2.91. The molecule has 1 atom stereocenters. The van der Waals surface area contributed by atoms with Crippen LogP contribution in [0.5, 0.6) is 0 Å². The van der Waals surface area contributed by atoms with Gasteiger partial charge in [0.1, 0.15) is 4.90 Å². The highest BCUT2D eigenvalue weighted by atomic mass is 32.2. The Morgan fingerprint density at radius 3 is 2.74 bits per heavy atom. The molecule has 1 saturated heterocycles. The van der Waals surface area contributed by atoms with Gasteiger partial charge in [-0.3, -0.25) is 0 Å². The molecule has 1 aromatic carbocycles. The fourth-order valence-corrected chi connectivity index (χ4v) is 4.25. The third-order valence-electron chi connectivity index (χ3n) is 3.41. The molecule has 0 amide bonds. The lowest BCUT2D eigenvalue weighted by Crippen LogP contribution is -2.31. The van der Waals surface area contributed by atoms with E-state index in [2.05, 4.69) is 9.62 Å². The lowest BCUT2D eigenvalue weighted by molar-refractivity contribution is 0.588. The Hall–Kier alpha value is -0.920. The number of sulfonamides is 1. The molecule has 1 aromatic rings. The number of thioether (sulfide) groups is 1. The molecule has 5 nitrogen and oxygen atoms in total. The van der Waals surface area contributed by atoms with Crippen molar-refractivity contribution in [2.75, 3.05) is 36.2 Å². The van der Waals surface area contributed by atoms with Gasteiger partial charge in [0.15, 0.2) is 0 Å². The summed E-state index contributed by atoms with van der Waals surface area (Å²) in [6.45, 7) is 0. The molecule has 19 heavy (non-hydrogen) atoms. The van der Waals surface area contributed by atoms with E-state index >= 15 is 0 Å². The quantitative estimate of drug-likeness (QED) is 0.815. The van der Waals surface area contributed by atoms with E-state index in [-0.39, 0.29) is 10.6 Å². The number of nitrogens with one attached hydrogen (secondary N) is 1. The van der Waals surface area contributed by atoms with E-state index in [4.69, 9.17) is 5.73 Å². The zero-order valence-corrected chi connectivity index (χ0v) is 12.7. The smallest absolute Gasteiger partial charge is 0.242 e. The first-order valence-electron chi connectivity index (χ1n) is 6.09. The van der Waals surface area contributed by atoms with E-state index in [1.165, 1.54) is 12.8 Å². The summed E-state index contributed by atoms with van der Waals surface area (Å²) in [5.74, 6) is 2.28. The largest absolute Gasteiger partial charge is 0.398 e. The molecule has 0 bridgehead atoms. The zero-order valence-electron chi connectivity index (χ0n) is 11.1. The predicted octanol–water partition coefficient (Wildman–Crippen LogP) is 1.12. The maximum absolute atomic E-state index is 11.8. The van der Waals surface area contributed by atoms with Gasteiger partial charge < -0.3 is 10.6 Å². The molecule has 1 aliphatic rings. The number of nitrogens with two attached hydrogens (primary N) is 1. The monoisotopic (exact) mass is 301 g/mol. The molecule has 0 spiro atoms. The fraction of sp³-hybridized carbons (Fsp3) is 0.500. The zero-order chi connectivity index (χ0) is 14.0. The van der Waals surface area contributed by atoms with Gasteiger partial charge in [0, 0.05) is 24.5 Å². The first-order valence-corrected chi connectivity index (χ1v) is 8.73. The molecule has 0 aliphatic carbocycles. The summed E-state index contributed by atoms with van der Waals surface area (Å²) in [5.41, 5.74) is 7.11. The Labute approximate surface area is 118 Å². The van der Waals surface area contributed by atoms with Gasteiger partial charge in [-0.2, -0.15) is 11.8 Å². The van der Waals surface area contributed by atoms with Crippen LogP contribution in [0, 0.1) is 0 Å². The molecule has 106 valence electrons. The maximum atomic E-state index is 11.8. The molecule has 0 saturated carbocycles. The number of nitrogen functional groups attached to an aromatic ring is 1. The standard InChI is InChI=1S/C12H19N3O2S2/c1-14-19(16,17)12-4-3-9(7-11(12)13)15(2)10-5-6-18-8-10/h3-4,7,10,14H,5-6,8,13H2,1-2H3. The van der Waals surface area contributed by atoms with Crippen molar-refractivity contribution in [3.8, 4) is 0 Å². The van der Waals surface area contributed by atoms with Crippen LogP contribution in [-0.4, -0.2) is 40.1 Å². The van der Waals surface area contributed by atoms with Crippen LogP contribution in [-0.2, 0) is 10.0 Å². The van der Waals surface area contributed by atoms with Gasteiger partial charge in [0.25, 0.3) is 0 Å². The van der Waals surface area contributed by atoms with Crippen molar-refractivity contribution in [2.24, 2.45) is 0 Å². The van der Waals surface area contributed by atoms with E-state index in [1.807, 2.05) is 24.9 Å². The molecule has 2 rings (SSSR count). The van der Waals surface area contributed by atoms with Crippen LogP contribution >= 0.6 is 11.8 Å². The van der Waals surface area contributed by atoms with Crippen LogP contribution in [0.2, 0.25) is 0 Å². The Kier molecular flexibility index (Phi) is 4.27. The highest BCUT2D eigenvalue weighted by Crippen LogP contribution is 2.29. The summed E-state index contributed by atoms with van der Waals surface area (Å²) in [7, 11) is -0.0831. The molecule has 0 radical (unpaired) electrons. The second-order valence-corrected chi connectivity index (χ2v) is 7.56. The highest BCUT2D eigenvalue weighted by molar-refractivity contribution is 7.99. The summed E-state index contributed by atoms with van der Waals surface area (Å²) in [6.07, 6.45) is 1.15. The van der Waals surface area contributed by atoms with Crippen LogP contribution in [0.25, 0.3) is 0 Å². The molecule has 7 heteroatoms. The van der Waals surface area contributed by atoms with Gasteiger partial charge in [-0.1, -0.05) is 0 Å². The van der Waals surface area contributed by atoms with Crippen LogP contribution in [0.1, 0.15) is 6.42 Å². The minimum atomic E-state index is -3.49. The van der Waals surface area contributed by atoms with Crippen molar-refractivity contribution in [1.82, 2.24) is 4.72 Å². The lowest BCUT2D eigenvalue weighted by Gasteiger charge is -2.26. The van der Waals surface area contributed by atoms with Gasteiger partial charge in [0.05, 0.1) is 5.69 Å².